The zero-order valence-corrected chi connectivity index (χ0v) is 15.8. The first kappa shape index (κ1) is 19.6. The van der Waals surface area contributed by atoms with Crippen LogP contribution < -0.4 is 15.2 Å². The van der Waals surface area contributed by atoms with Gasteiger partial charge in [0.25, 0.3) is 0 Å². The molecule has 0 aliphatic rings. The number of imidazole rings is 1. The summed E-state index contributed by atoms with van der Waals surface area (Å²) in [5, 5.41) is 4.60. The van der Waals surface area contributed by atoms with Gasteiger partial charge in [0.2, 0.25) is 5.95 Å². The van der Waals surface area contributed by atoms with Gasteiger partial charge in [0.15, 0.2) is 17.6 Å². The third-order valence-electron chi connectivity index (χ3n) is 3.36. The monoisotopic (exact) mass is 380 g/mol. The molecular formula is C17H21ClN4O4. The molecule has 1 aromatic carbocycles. The molecule has 2 N–H and O–H groups in total. The van der Waals surface area contributed by atoms with Crippen LogP contribution in [0.4, 0.5) is 5.95 Å². The normalized spacial score (nSPS) is 12.2. The van der Waals surface area contributed by atoms with Crippen molar-refractivity contribution in [1.29, 1.82) is 0 Å². The molecule has 0 radical (unpaired) electrons. The number of methoxy groups -OCH3 is 1. The van der Waals surface area contributed by atoms with Crippen molar-refractivity contribution in [3.63, 3.8) is 0 Å². The van der Waals surface area contributed by atoms with Crippen LogP contribution in [0.3, 0.4) is 0 Å². The lowest BCUT2D eigenvalue weighted by Gasteiger charge is -2.16. The minimum Gasteiger partial charge on any atom is -0.493 e. The number of nitrogen functional groups attached to an aromatic ring is 1. The van der Waals surface area contributed by atoms with Crippen LogP contribution >= 0.6 is 11.6 Å². The molecule has 8 nitrogen and oxygen atoms in total. The van der Waals surface area contributed by atoms with E-state index in [-0.39, 0.29) is 12.6 Å². The molecule has 1 heterocycles. The second-order valence-corrected chi connectivity index (χ2v) is 5.77. The number of benzene rings is 1. The van der Waals surface area contributed by atoms with Crippen LogP contribution in [0.2, 0.25) is 5.02 Å². The van der Waals surface area contributed by atoms with Crippen LogP contribution in [0.25, 0.3) is 0 Å². The van der Waals surface area contributed by atoms with Crippen molar-refractivity contribution in [2.75, 3.05) is 19.5 Å². The predicted molar refractivity (Wildman–Crippen MR) is 99.1 cm³/mol. The van der Waals surface area contributed by atoms with Gasteiger partial charge in [0.1, 0.15) is 0 Å². The van der Waals surface area contributed by atoms with Crippen LogP contribution in [0.15, 0.2) is 23.4 Å². The van der Waals surface area contributed by atoms with E-state index in [1.54, 1.807) is 32.2 Å². The van der Waals surface area contributed by atoms with Crippen molar-refractivity contribution in [3.8, 4) is 11.5 Å². The summed E-state index contributed by atoms with van der Waals surface area (Å²) >= 11 is 6.29. The summed E-state index contributed by atoms with van der Waals surface area (Å²) in [7, 11) is 1.49. The lowest BCUT2D eigenvalue weighted by molar-refractivity contribution is -0.150. The summed E-state index contributed by atoms with van der Waals surface area (Å²) in [5.41, 5.74) is 7.09. The van der Waals surface area contributed by atoms with Gasteiger partial charge < -0.3 is 19.9 Å². The number of aromatic nitrogens is 2. The van der Waals surface area contributed by atoms with Gasteiger partial charge in [-0.2, -0.15) is 5.10 Å². The van der Waals surface area contributed by atoms with Gasteiger partial charge in [0, 0.05) is 11.6 Å². The summed E-state index contributed by atoms with van der Waals surface area (Å²) in [6, 6.07) is 3.21. The van der Waals surface area contributed by atoms with E-state index in [2.05, 4.69) is 10.1 Å². The van der Waals surface area contributed by atoms with Crippen molar-refractivity contribution in [3.05, 3.63) is 34.6 Å². The Kier molecular flexibility index (Phi) is 6.46. The average Bonchev–Trinajstić information content (AvgIpc) is 2.91. The van der Waals surface area contributed by atoms with Crippen molar-refractivity contribution >= 4 is 29.7 Å². The Balaban J connectivity index is 2.25. The number of carbonyl (C=O) groups excluding carboxylic acids is 1. The smallest absolute Gasteiger partial charge is 0.347 e. The number of nitrogens with zero attached hydrogens (tertiary/aromatic N) is 3. The van der Waals surface area contributed by atoms with Crippen LogP contribution in [-0.4, -0.2) is 41.7 Å². The molecular weight excluding hydrogens is 360 g/mol. The molecule has 9 heteroatoms. The van der Waals surface area contributed by atoms with Crippen molar-refractivity contribution < 1.29 is 19.0 Å². The fourth-order valence-electron chi connectivity index (χ4n) is 2.12. The Hall–Kier alpha value is -2.74. The highest BCUT2D eigenvalue weighted by Gasteiger charge is 2.19. The topological polar surface area (TPSA) is 101 Å². The summed E-state index contributed by atoms with van der Waals surface area (Å²) in [5.74, 6) is 0.530. The van der Waals surface area contributed by atoms with Crippen LogP contribution in [0.1, 0.15) is 25.1 Å². The van der Waals surface area contributed by atoms with Gasteiger partial charge >= 0.3 is 5.97 Å². The number of ether oxygens (including phenoxy) is 3. The minimum absolute atomic E-state index is 0.269. The summed E-state index contributed by atoms with van der Waals surface area (Å²) in [4.78, 5) is 15.8. The fourth-order valence-corrected chi connectivity index (χ4v) is 2.32. The Bertz CT molecular complexity index is 819. The van der Waals surface area contributed by atoms with E-state index in [1.165, 1.54) is 18.0 Å². The van der Waals surface area contributed by atoms with E-state index in [1.807, 2.05) is 6.92 Å². The van der Waals surface area contributed by atoms with Gasteiger partial charge in [-0.25, -0.2) is 14.5 Å². The maximum Gasteiger partial charge on any atom is 0.347 e. The highest BCUT2D eigenvalue weighted by molar-refractivity contribution is 6.33. The molecule has 2 aromatic rings. The second-order valence-electron chi connectivity index (χ2n) is 5.37. The summed E-state index contributed by atoms with van der Waals surface area (Å²) < 4.78 is 17.3. The molecule has 2 rings (SSSR count). The number of aryl methyl sites for hydroxylation is 1. The van der Waals surface area contributed by atoms with E-state index < -0.39 is 12.1 Å². The zero-order valence-electron chi connectivity index (χ0n) is 15.0. The number of anilines is 1. The van der Waals surface area contributed by atoms with E-state index >= 15 is 0 Å². The number of hydrogen-bond acceptors (Lipinski definition) is 7. The molecule has 0 spiro atoms. The first-order chi connectivity index (χ1) is 12.3. The van der Waals surface area contributed by atoms with E-state index in [9.17, 15) is 4.79 Å². The van der Waals surface area contributed by atoms with Crippen LogP contribution in [0, 0.1) is 6.92 Å². The first-order valence-corrected chi connectivity index (χ1v) is 8.30. The lowest BCUT2D eigenvalue weighted by atomic mass is 10.2. The second kappa shape index (κ2) is 8.57. The van der Waals surface area contributed by atoms with Crippen molar-refractivity contribution in [1.82, 2.24) is 9.66 Å². The van der Waals surface area contributed by atoms with Crippen LogP contribution in [-0.2, 0) is 9.53 Å². The molecule has 1 unspecified atom stereocenters. The Labute approximate surface area is 156 Å². The highest BCUT2D eigenvalue weighted by atomic mass is 35.5. The largest absolute Gasteiger partial charge is 0.493 e. The molecule has 0 fully saturated rings. The molecule has 1 aromatic heterocycles. The molecule has 26 heavy (non-hydrogen) atoms. The molecule has 0 saturated carbocycles. The minimum atomic E-state index is -0.798. The maximum absolute atomic E-state index is 11.7. The molecule has 1 atom stereocenters. The number of nitrogens with two attached hydrogens (primary N) is 1. The summed E-state index contributed by atoms with van der Waals surface area (Å²) in [6.45, 7) is 5.40. The van der Waals surface area contributed by atoms with Gasteiger partial charge in [-0.15, -0.1) is 0 Å². The Morgan fingerprint density at radius 1 is 1.46 bits per heavy atom. The zero-order chi connectivity index (χ0) is 19.3. The average molecular weight is 381 g/mol. The van der Waals surface area contributed by atoms with Gasteiger partial charge in [-0.3, -0.25) is 0 Å². The number of esters is 1. The van der Waals surface area contributed by atoms with Gasteiger partial charge in [0.05, 0.1) is 36.8 Å². The molecule has 140 valence electrons. The van der Waals surface area contributed by atoms with E-state index in [0.29, 0.717) is 22.1 Å². The molecule has 0 aliphatic carbocycles. The third kappa shape index (κ3) is 4.66. The van der Waals surface area contributed by atoms with E-state index in [0.717, 1.165) is 5.69 Å². The van der Waals surface area contributed by atoms with Gasteiger partial charge in [-0.1, -0.05) is 11.6 Å². The van der Waals surface area contributed by atoms with Gasteiger partial charge in [-0.05, 0) is 26.8 Å². The number of halogens is 1. The maximum atomic E-state index is 11.7. The molecule has 0 aliphatic heterocycles. The number of hydrogen-bond donors (Lipinski definition) is 1. The molecule has 0 amide bonds. The fraction of sp³-hybridized carbons (Fsp3) is 0.353. The SMILES string of the molecule is CCOC(=O)C(C)Oc1cc(Cl)c(C=Nn2cc(C)nc2N)cc1OC. The Morgan fingerprint density at radius 2 is 2.19 bits per heavy atom. The first-order valence-electron chi connectivity index (χ1n) is 7.92. The van der Waals surface area contributed by atoms with E-state index in [4.69, 9.17) is 31.5 Å². The highest BCUT2D eigenvalue weighted by Crippen LogP contribution is 2.33. The predicted octanol–water partition coefficient (Wildman–Crippen LogP) is 2.65. The number of rotatable bonds is 7. The molecule has 0 saturated heterocycles. The lowest BCUT2D eigenvalue weighted by Crippen LogP contribution is -2.26. The third-order valence-corrected chi connectivity index (χ3v) is 3.69. The van der Waals surface area contributed by atoms with Crippen molar-refractivity contribution in [2.24, 2.45) is 5.10 Å². The van der Waals surface area contributed by atoms with Crippen LogP contribution in [0.5, 0.6) is 11.5 Å². The molecule has 0 bridgehead atoms. The quantitative estimate of drug-likeness (QED) is 0.585. The number of carbonyl (C=O) groups is 1. The Morgan fingerprint density at radius 3 is 2.77 bits per heavy atom. The standard InChI is InChI=1S/C17H21ClN4O4/c1-5-25-16(23)11(3)26-15-7-13(18)12(6-14(15)24-4)8-20-22-9-10(2)21-17(22)19/h6-9,11H,5H2,1-4H3,(H2,19,21). The van der Waals surface area contributed by atoms with Crippen molar-refractivity contribution in [2.45, 2.75) is 26.9 Å². The summed E-state index contributed by atoms with van der Waals surface area (Å²) in [6.07, 6.45) is 2.42.